The van der Waals surface area contributed by atoms with Crippen molar-refractivity contribution in [2.45, 2.75) is 44.1 Å². The van der Waals surface area contributed by atoms with Gasteiger partial charge in [-0.25, -0.2) is 4.79 Å². The van der Waals surface area contributed by atoms with Crippen LogP contribution in [0.3, 0.4) is 0 Å². The second-order valence-electron chi connectivity index (χ2n) is 7.84. The lowest BCUT2D eigenvalue weighted by Crippen LogP contribution is -2.60. The van der Waals surface area contributed by atoms with Gasteiger partial charge in [0, 0.05) is 6.07 Å². The molecule has 2 aliphatic heterocycles. The zero-order valence-corrected chi connectivity index (χ0v) is 17.4. The fourth-order valence-corrected chi connectivity index (χ4v) is 3.94. The number of phenols is 1. The SMILES string of the molecule is COc1cc(OC2OC(CO)C(O)C(O)C2O)c2c(O)c3c(cc2c1)CC(C)=COC3=O. The van der Waals surface area contributed by atoms with Crippen LogP contribution in [0.2, 0.25) is 0 Å². The minimum atomic E-state index is -1.66. The molecule has 0 bridgehead atoms. The molecule has 10 nitrogen and oxygen atoms in total. The van der Waals surface area contributed by atoms with Crippen molar-refractivity contribution in [3.05, 3.63) is 41.2 Å². The number of benzene rings is 2. The van der Waals surface area contributed by atoms with Crippen molar-refractivity contribution in [1.29, 1.82) is 0 Å². The fourth-order valence-electron chi connectivity index (χ4n) is 3.94. The fraction of sp³-hybridized carbons (Fsp3) is 0.409. The van der Waals surface area contributed by atoms with Crippen LogP contribution in [-0.2, 0) is 15.9 Å². The molecule has 172 valence electrons. The topological polar surface area (TPSA) is 155 Å². The maximum Gasteiger partial charge on any atom is 0.347 e. The Bertz CT molecular complexity index is 1080. The van der Waals surface area contributed by atoms with Crippen molar-refractivity contribution >= 4 is 16.7 Å². The van der Waals surface area contributed by atoms with Crippen molar-refractivity contribution in [2.24, 2.45) is 0 Å². The molecule has 4 rings (SSSR count). The number of hydrogen-bond acceptors (Lipinski definition) is 10. The molecule has 0 radical (unpaired) electrons. The van der Waals surface area contributed by atoms with E-state index >= 15 is 0 Å². The standard InChI is InChI=1S/C22H24O10/c1-9-3-10-4-11-5-12(29-2)6-13(15(11)18(25)16(10)21(28)30-8-9)31-22-20(27)19(26)17(24)14(7-23)32-22/h4-6,8,14,17,19-20,22-27H,3,7H2,1-2H3. The number of ether oxygens (including phenoxy) is 4. The number of methoxy groups -OCH3 is 1. The largest absolute Gasteiger partial charge is 0.506 e. The van der Waals surface area contributed by atoms with E-state index in [0.29, 0.717) is 23.1 Å². The average Bonchev–Trinajstić information content (AvgIpc) is 2.91. The Morgan fingerprint density at radius 2 is 1.88 bits per heavy atom. The van der Waals surface area contributed by atoms with Crippen LogP contribution in [0.25, 0.3) is 10.8 Å². The summed E-state index contributed by atoms with van der Waals surface area (Å²) in [6.45, 7) is 1.17. The highest BCUT2D eigenvalue weighted by Gasteiger charge is 2.45. The predicted octanol–water partition coefficient (Wildman–Crippen LogP) is 0.349. The van der Waals surface area contributed by atoms with E-state index in [1.54, 1.807) is 19.1 Å². The second kappa shape index (κ2) is 8.57. The number of rotatable bonds is 4. The number of allylic oxidation sites excluding steroid dienone is 1. The number of aliphatic hydroxyl groups excluding tert-OH is 4. The molecule has 0 spiro atoms. The molecule has 1 saturated heterocycles. The van der Waals surface area contributed by atoms with E-state index in [1.165, 1.54) is 19.4 Å². The summed E-state index contributed by atoms with van der Waals surface area (Å²) in [7, 11) is 1.44. The highest BCUT2D eigenvalue weighted by molar-refractivity contribution is 6.05. The molecule has 2 heterocycles. The quantitative estimate of drug-likeness (QED) is 0.414. The molecule has 5 atom stereocenters. The first-order valence-corrected chi connectivity index (χ1v) is 9.95. The van der Waals surface area contributed by atoms with Gasteiger partial charge < -0.3 is 44.5 Å². The highest BCUT2D eigenvalue weighted by atomic mass is 16.7. The van der Waals surface area contributed by atoms with Gasteiger partial charge >= 0.3 is 5.97 Å². The number of hydrogen-bond donors (Lipinski definition) is 5. The van der Waals surface area contributed by atoms with E-state index in [2.05, 4.69) is 0 Å². The Morgan fingerprint density at radius 1 is 1.12 bits per heavy atom. The van der Waals surface area contributed by atoms with Crippen molar-refractivity contribution in [3.8, 4) is 17.2 Å². The number of fused-ring (bicyclic) bond motifs is 2. The van der Waals surface area contributed by atoms with Crippen LogP contribution in [0.5, 0.6) is 17.2 Å². The smallest absolute Gasteiger partial charge is 0.347 e. The molecule has 2 aromatic carbocycles. The first kappa shape index (κ1) is 22.3. The average molecular weight is 448 g/mol. The molecule has 5 unspecified atom stereocenters. The Morgan fingerprint density at radius 3 is 2.56 bits per heavy atom. The maximum atomic E-state index is 12.5. The van der Waals surface area contributed by atoms with Crippen LogP contribution in [0, 0.1) is 0 Å². The molecule has 0 aromatic heterocycles. The third-order valence-electron chi connectivity index (χ3n) is 5.60. The van der Waals surface area contributed by atoms with Gasteiger partial charge in [0.25, 0.3) is 0 Å². The van der Waals surface area contributed by atoms with Crippen LogP contribution < -0.4 is 9.47 Å². The normalized spacial score (nSPS) is 27.9. The third kappa shape index (κ3) is 3.76. The first-order chi connectivity index (χ1) is 15.2. The molecule has 10 heteroatoms. The summed E-state index contributed by atoms with van der Waals surface area (Å²) in [6.07, 6.45) is -5.81. The van der Waals surface area contributed by atoms with E-state index in [-0.39, 0.29) is 22.4 Å². The van der Waals surface area contributed by atoms with Crippen molar-refractivity contribution in [2.75, 3.05) is 13.7 Å². The molecular weight excluding hydrogens is 424 g/mol. The van der Waals surface area contributed by atoms with E-state index in [1.807, 2.05) is 0 Å². The summed E-state index contributed by atoms with van der Waals surface area (Å²) in [5.41, 5.74) is 1.32. The summed E-state index contributed by atoms with van der Waals surface area (Å²) >= 11 is 0. The Hall–Kier alpha value is -2.89. The van der Waals surface area contributed by atoms with Crippen LogP contribution >= 0.6 is 0 Å². The lowest BCUT2D eigenvalue weighted by molar-refractivity contribution is -0.277. The summed E-state index contributed by atoms with van der Waals surface area (Å²) in [6, 6.07) is 4.77. The van der Waals surface area contributed by atoms with Gasteiger partial charge in [0.1, 0.15) is 47.2 Å². The molecule has 0 saturated carbocycles. The van der Waals surface area contributed by atoms with Crippen LogP contribution in [-0.4, -0.2) is 75.9 Å². The van der Waals surface area contributed by atoms with Crippen LogP contribution in [0.4, 0.5) is 0 Å². The third-order valence-corrected chi connectivity index (χ3v) is 5.60. The van der Waals surface area contributed by atoms with Gasteiger partial charge in [-0.15, -0.1) is 0 Å². The number of esters is 1. The molecule has 0 aliphatic carbocycles. The predicted molar refractivity (Wildman–Crippen MR) is 109 cm³/mol. The number of cyclic esters (lactones) is 1. The number of carbonyl (C=O) groups is 1. The Balaban J connectivity index is 1.84. The van der Waals surface area contributed by atoms with Gasteiger partial charge in [0.2, 0.25) is 6.29 Å². The second-order valence-corrected chi connectivity index (χ2v) is 7.84. The van der Waals surface area contributed by atoms with Crippen molar-refractivity contribution in [1.82, 2.24) is 0 Å². The Labute approximate surface area is 182 Å². The van der Waals surface area contributed by atoms with E-state index < -0.39 is 43.3 Å². The van der Waals surface area contributed by atoms with Gasteiger partial charge in [-0.1, -0.05) is 0 Å². The molecule has 2 aromatic rings. The molecular formula is C22H24O10. The summed E-state index contributed by atoms with van der Waals surface area (Å²) in [5, 5.41) is 51.4. The van der Waals surface area contributed by atoms with Gasteiger partial charge in [-0.3, -0.25) is 0 Å². The first-order valence-electron chi connectivity index (χ1n) is 9.95. The molecule has 0 amide bonds. The van der Waals surface area contributed by atoms with E-state index in [9.17, 15) is 30.3 Å². The van der Waals surface area contributed by atoms with Gasteiger partial charge in [-0.05, 0) is 42.0 Å². The van der Waals surface area contributed by atoms with Crippen molar-refractivity contribution < 1.29 is 49.3 Å². The number of aromatic hydroxyl groups is 1. The van der Waals surface area contributed by atoms with E-state index in [0.717, 1.165) is 5.57 Å². The monoisotopic (exact) mass is 448 g/mol. The highest BCUT2D eigenvalue weighted by Crippen LogP contribution is 2.43. The van der Waals surface area contributed by atoms with Crippen LogP contribution in [0.1, 0.15) is 22.8 Å². The molecule has 1 fully saturated rings. The number of carbonyl (C=O) groups excluding carboxylic acids is 1. The van der Waals surface area contributed by atoms with Gasteiger partial charge in [0.05, 0.1) is 25.4 Å². The number of aliphatic hydroxyl groups is 4. The molecule has 32 heavy (non-hydrogen) atoms. The zero-order chi connectivity index (χ0) is 23.2. The number of phenolic OH excluding ortho intramolecular Hbond substituents is 1. The minimum absolute atomic E-state index is 0.00860. The van der Waals surface area contributed by atoms with Gasteiger partial charge in [-0.2, -0.15) is 0 Å². The van der Waals surface area contributed by atoms with E-state index in [4.69, 9.17) is 18.9 Å². The molecule has 5 N–H and O–H groups in total. The van der Waals surface area contributed by atoms with Gasteiger partial charge in [0.15, 0.2) is 0 Å². The van der Waals surface area contributed by atoms with Crippen LogP contribution in [0.15, 0.2) is 30.0 Å². The lowest BCUT2D eigenvalue weighted by Gasteiger charge is -2.39. The summed E-state index contributed by atoms with van der Waals surface area (Å²) < 4.78 is 21.6. The minimum Gasteiger partial charge on any atom is -0.506 e. The Kier molecular flexibility index (Phi) is 5.97. The summed E-state index contributed by atoms with van der Waals surface area (Å²) in [4.78, 5) is 12.5. The maximum absolute atomic E-state index is 12.5. The summed E-state index contributed by atoms with van der Waals surface area (Å²) in [5.74, 6) is -0.760. The van der Waals surface area contributed by atoms with Crippen molar-refractivity contribution in [3.63, 3.8) is 0 Å². The lowest BCUT2D eigenvalue weighted by atomic mass is 9.95. The molecule has 2 aliphatic rings. The zero-order valence-electron chi connectivity index (χ0n) is 17.4.